The van der Waals surface area contributed by atoms with Crippen molar-refractivity contribution in [3.8, 4) is 11.5 Å². The zero-order valence-corrected chi connectivity index (χ0v) is 16.7. The SMILES string of the molecule is COc1ccc(CCN2CC(CNC(=O)CCNC(C)=O)CC2=O)cc1OC. The highest BCUT2D eigenvalue weighted by Gasteiger charge is 2.29. The number of rotatable bonds is 10. The van der Waals surface area contributed by atoms with Crippen molar-refractivity contribution in [3.63, 3.8) is 0 Å². The van der Waals surface area contributed by atoms with Crippen LogP contribution < -0.4 is 20.1 Å². The van der Waals surface area contributed by atoms with E-state index in [0.29, 0.717) is 44.1 Å². The second-order valence-electron chi connectivity index (χ2n) is 6.89. The van der Waals surface area contributed by atoms with Gasteiger partial charge in [0.2, 0.25) is 17.7 Å². The highest BCUT2D eigenvalue weighted by Crippen LogP contribution is 2.28. The summed E-state index contributed by atoms with van der Waals surface area (Å²) in [5, 5.41) is 5.43. The number of benzene rings is 1. The number of ether oxygens (including phenoxy) is 2. The molecule has 1 aliphatic rings. The molecule has 1 atom stereocenters. The van der Waals surface area contributed by atoms with Gasteiger partial charge in [0.25, 0.3) is 0 Å². The predicted octanol–water partition coefficient (Wildman–Crippen LogP) is 0.737. The van der Waals surface area contributed by atoms with E-state index in [-0.39, 0.29) is 30.1 Å². The lowest BCUT2D eigenvalue weighted by Gasteiger charge is -2.17. The van der Waals surface area contributed by atoms with Crippen LogP contribution in [-0.4, -0.2) is 63.0 Å². The number of carbonyl (C=O) groups is 3. The number of nitrogens with one attached hydrogen (secondary N) is 2. The molecule has 1 fully saturated rings. The summed E-state index contributed by atoms with van der Waals surface area (Å²) >= 11 is 0. The first-order valence-electron chi connectivity index (χ1n) is 9.42. The smallest absolute Gasteiger partial charge is 0.223 e. The Bertz CT molecular complexity index is 707. The van der Waals surface area contributed by atoms with E-state index >= 15 is 0 Å². The first-order valence-corrected chi connectivity index (χ1v) is 9.42. The summed E-state index contributed by atoms with van der Waals surface area (Å²) < 4.78 is 10.6. The molecule has 3 amide bonds. The first-order chi connectivity index (χ1) is 13.4. The number of hydrogen-bond donors (Lipinski definition) is 2. The van der Waals surface area contributed by atoms with Gasteiger partial charge in [-0.25, -0.2) is 0 Å². The lowest BCUT2D eigenvalue weighted by molar-refractivity contribution is -0.128. The lowest BCUT2D eigenvalue weighted by atomic mass is 10.1. The minimum Gasteiger partial charge on any atom is -0.493 e. The van der Waals surface area contributed by atoms with Gasteiger partial charge < -0.3 is 25.0 Å². The molecule has 1 aliphatic heterocycles. The van der Waals surface area contributed by atoms with Crippen LogP contribution in [-0.2, 0) is 20.8 Å². The van der Waals surface area contributed by atoms with Crippen molar-refractivity contribution in [2.75, 3.05) is 40.4 Å². The van der Waals surface area contributed by atoms with Crippen LogP contribution in [0, 0.1) is 5.92 Å². The molecular weight excluding hydrogens is 362 g/mol. The van der Waals surface area contributed by atoms with Crippen LogP contribution in [0.4, 0.5) is 0 Å². The number of methoxy groups -OCH3 is 2. The second-order valence-corrected chi connectivity index (χ2v) is 6.89. The Morgan fingerprint density at radius 3 is 2.61 bits per heavy atom. The molecule has 2 N–H and O–H groups in total. The molecule has 0 aliphatic carbocycles. The molecule has 8 heteroatoms. The number of nitrogens with zero attached hydrogens (tertiary/aromatic N) is 1. The van der Waals surface area contributed by atoms with Gasteiger partial charge in [-0.05, 0) is 24.1 Å². The van der Waals surface area contributed by atoms with Gasteiger partial charge >= 0.3 is 0 Å². The summed E-state index contributed by atoms with van der Waals surface area (Å²) in [6.07, 6.45) is 1.41. The largest absolute Gasteiger partial charge is 0.493 e. The summed E-state index contributed by atoms with van der Waals surface area (Å²) in [5.41, 5.74) is 1.07. The monoisotopic (exact) mass is 391 g/mol. The summed E-state index contributed by atoms with van der Waals surface area (Å²) in [5.74, 6) is 1.30. The van der Waals surface area contributed by atoms with Crippen LogP contribution in [0.25, 0.3) is 0 Å². The Kier molecular flexibility index (Phi) is 8.10. The maximum absolute atomic E-state index is 12.2. The van der Waals surface area contributed by atoms with Gasteiger partial charge in [0.1, 0.15) is 0 Å². The highest BCUT2D eigenvalue weighted by atomic mass is 16.5. The van der Waals surface area contributed by atoms with Crippen LogP contribution in [0.5, 0.6) is 11.5 Å². The zero-order valence-electron chi connectivity index (χ0n) is 16.7. The maximum Gasteiger partial charge on any atom is 0.223 e. The summed E-state index contributed by atoms with van der Waals surface area (Å²) in [7, 11) is 3.19. The van der Waals surface area contributed by atoms with E-state index in [1.807, 2.05) is 23.1 Å². The number of carbonyl (C=O) groups excluding carboxylic acids is 3. The van der Waals surface area contributed by atoms with Gasteiger partial charge in [-0.2, -0.15) is 0 Å². The van der Waals surface area contributed by atoms with Crippen molar-refractivity contribution in [1.29, 1.82) is 0 Å². The molecule has 0 aromatic heterocycles. The molecular formula is C20H29N3O5. The second kappa shape index (κ2) is 10.5. The van der Waals surface area contributed by atoms with E-state index < -0.39 is 0 Å². The summed E-state index contributed by atoms with van der Waals surface area (Å²) in [6, 6.07) is 5.75. The Labute approximate surface area is 165 Å². The fourth-order valence-electron chi connectivity index (χ4n) is 3.21. The van der Waals surface area contributed by atoms with Gasteiger partial charge in [0, 0.05) is 51.9 Å². The van der Waals surface area contributed by atoms with Crippen molar-refractivity contribution < 1.29 is 23.9 Å². The minimum absolute atomic E-state index is 0.109. The average molecular weight is 391 g/mol. The molecule has 0 spiro atoms. The fourth-order valence-corrected chi connectivity index (χ4v) is 3.21. The number of likely N-dealkylation sites (tertiary alicyclic amines) is 1. The summed E-state index contributed by atoms with van der Waals surface area (Å²) in [4.78, 5) is 36.7. The Morgan fingerprint density at radius 1 is 1.18 bits per heavy atom. The molecule has 1 saturated heterocycles. The average Bonchev–Trinajstić information content (AvgIpc) is 3.03. The third kappa shape index (κ3) is 6.44. The summed E-state index contributed by atoms with van der Waals surface area (Å²) in [6.45, 7) is 3.47. The van der Waals surface area contributed by atoms with Gasteiger partial charge in [0.05, 0.1) is 14.2 Å². The molecule has 1 unspecified atom stereocenters. The van der Waals surface area contributed by atoms with Crippen molar-refractivity contribution in [3.05, 3.63) is 23.8 Å². The molecule has 0 bridgehead atoms. The quantitative estimate of drug-likeness (QED) is 0.613. The zero-order chi connectivity index (χ0) is 20.5. The molecule has 0 radical (unpaired) electrons. The van der Waals surface area contributed by atoms with E-state index in [9.17, 15) is 14.4 Å². The van der Waals surface area contributed by atoms with E-state index in [0.717, 1.165) is 12.0 Å². The van der Waals surface area contributed by atoms with Crippen LogP contribution >= 0.6 is 0 Å². The van der Waals surface area contributed by atoms with E-state index in [1.54, 1.807) is 14.2 Å². The molecule has 1 aromatic carbocycles. The van der Waals surface area contributed by atoms with Gasteiger partial charge in [-0.15, -0.1) is 0 Å². The predicted molar refractivity (Wildman–Crippen MR) is 104 cm³/mol. The van der Waals surface area contributed by atoms with Crippen molar-refractivity contribution in [2.45, 2.75) is 26.2 Å². The lowest BCUT2D eigenvalue weighted by Crippen LogP contribution is -2.34. The topological polar surface area (TPSA) is 97.0 Å². The third-order valence-electron chi connectivity index (χ3n) is 4.73. The van der Waals surface area contributed by atoms with Crippen LogP contribution in [0.3, 0.4) is 0 Å². The van der Waals surface area contributed by atoms with Crippen molar-refractivity contribution >= 4 is 17.7 Å². The van der Waals surface area contributed by atoms with E-state index in [1.165, 1.54) is 6.92 Å². The van der Waals surface area contributed by atoms with Crippen LogP contribution in [0.15, 0.2) is 18.2 Å². The Hall–Kier alpha value is -2.77. The molecule has 1 heterocycles. The van der Waals surface area contributed by atoms with Crippen LogP contribution in [0.2, 0.25) is 0 Å². The molecule has 154 valence electrons. The Morgan fingerprint density at radius 2 is 1.93 bits per heavy atom. The molecule has 1 aromatic rings. The molecule has 28 heavy (non-hydrogen) atoms. The van der Waals surface area contributed by atoms with E-state index in [4.69, 9.17) is 9.47 Å². The van der Waals surface area contributed by atoms with Crippen LogP contribution in [0.1, 0.15) is 25.3 Å². The Balaban J connectivity index is 1.75. The minimum atomic E-state index is -0.153. The van der Waals surface area contributed by atoms with Crippen molar-refractivity contribution in [1.82, 2.24) is 15.5 Å². The normalized spacial score (nSPS) is 16.0. The maximum atomic E-state index is 12.2. The standard InChI is InChI=1S/C20H29N3O5/c1-14(24)21-8-6-19(25)22-12-16-11-20(26)23(13-16)9-7-15-4-5-17(27-2)18(10-15)28-3/h4-5,10,16H,6-9,11-13H2,1-3H3,(H,21,24)(H,22,25). The van der Waals surface area contributed by atoms with Gasteiger partial charge in [-0.3, -0.25) is 14.4 Å². The van der Waals surface area contributed by atoms with E-state index in [2.05, 4.69) is 10.6 Å². The number of hydrogen-bond acceptors (Lipinski definition) is 5. The highest BCUT2D eigenvalue weighted by molar-refractivity contribution is 5.80. The number of amides is 3. The van der Waals surface area contributed by atoms with Gasteiger partial charge in [-0.1, -0.05) is 6.07 Å². The molecule has 8 nitrogen and oxygen atoms in total. The first kappa shape index (κ1) is 21.5. The van der Waals surface area contributed by atoms with Gasteiger partial charge in [0.15, 0.2) is 11.5 Å². The molecule has 0 saturated carbocycles. The molecule has 2 rings (SSSR count). The third-order valence-corrected chi connectivity index (χ3v) is 4.73. The fraction of sp³-hybridized carbons (Fsp3) is 0.550. The van der Waals surface area contributed by atoms with Crippen molar-refractivity contribution in [2.24, 2.45) is 5.92 Å².